The van der Waals surface area contributed by atoms with Gasteiger partial charge in [-0.05, 0) is 48.6 Å². The predicted octanol–water partition coefficient (Wildman–Crippen LogP) is 2.56. The molecule has 2 rings (SSSR count). The molecule has 2 aromatic rings. The Morgan fingerprint density at radius 3 is 2.54 bits per heavy atom. The second-order valence-corrected chi connectivity index (χ2v) is 7.64. The van der Waals surface area contributed by atoms with Gasteiger partial charge >= 0.3 is 0 Å². The summed E-state index contributed by atoms with van der Waals surface area (Å²) in [5.41, 5.74) is 1.83. The average Bonchev–Trinajstić information content (AvgIpc) is 2.67. The van der Waals surface area contributed by atoms with Gasteiger partial charge in [0.1, 0.15) is 6.61 Å². The maximum atomic E-state index is 12.4. The van der Waals surface area contributed by atoms with Gasteiger partial charge < -0.3 is 5.11 Å². The number of hydrogen-bond donors (Lipinski definition) is 2. The number of unbranched alkanes of at least 4 members (excludes halogenated alkanes) is 1. The molecule has 6 heteroatoms. The molecule has 2 aromatic carbocycles. The Morgan fingerprint density at radius 2 is 1.81 bits per heavy atom. The summed E-state index contributed by atoms with van der Waals surface area (Å²) in [6, 6.07) is 16.4. The maximum absolute atomic E-state index is 12.4. The SMILES string of the molecule is O=C(/C=C/c1cccc(S(=O)(=O)NCCCCc2ccccc2)c1)CO. The topological polar surface area (TPSA) is 83.5 Å². The summed E-state index contributed by atoms with van der Waals surface area (Å²) in [5.74, 6) is -0.435. The fraction of sp³-hybridized carbons (Fsp3) is 0.250. The summed E-state index contributed by atoms with van der Waals surface area (Å²) >= 11 is 0. The van der Waals surface area contributed by atoms with Crippen LogP contribution in [0.2, 0.25) is 0 Å². The van der Waals surface area contributed by atoms with E-state index in [9.17, 15) is 13.2 Å². The number of benzene rings is 2. The van der Waals surface area contributed by atoms with Crippen molar-refractivity contribution in [3.8, 4) is 0 Å². The summed E-state index contributed by atoms with van der Waals surface area (Å²) in [5, 5.41) is 8.70. The van der Waals surface area contributed by atoms with Crippen LogP contribution in [0, 0.1) is 0 Å². The van der Waals surface area contributed by atoms with Crippen molar-refractivity contribution >= 4 is 21.9 Å². The van der Waals surface area contributed by atoms with E-state index in [0.29, 0.717) is 12.1 Å². The van der Waals surface area contributed by atoms with Crippen LogP contribution in [0.3, 0.4) is 0 Å². The first-order valence-electron chi connectivity index (χ1n) is 8.47. The van der Waals surface area contributed by atoms with Crippen LogP contribution in [0.4, 0.5) is 0 Å². The fourth-order valence-electron chi connectivity index (χ4n) is 2.42. The van der Waals surface area contributed by atoms with Crippen LogP contribution in [0.15, 0.2) is 65.6 Å². The number of ketones is 1. The molecular weight excluding hydrogens is 350 g/mol. The summed E-state index contributed by atoms with van der Waals surface area (Å²) in [6.45, 7) is -0.197. The van der Waals surface area contributed by atoms with Crippen LogP contribution in [-0.2, 0) is 21.2 Å². The molecule has 0 amide bonds. The van der Waals surface area contributed by atoms with Crippen LogP contribution in [-0.4, -0.2) is 32.5 Å². The number of carbonyl (C=O) groups excluding carboxylic acids is 1. The van der Waals surface area contributed by atoms with Gasteiger partial charge in [-0.3, -0.25) is 4.79 Å². The molecule has 0 heterocycles. The molecule has 0 aliphatic carbocycles. The lowest BCUT2D eigenvalue weighted by Gasteiger charge is -2.07. The van der Waals surface area contributed by atoms with E-state index in [1.54, 1.807) is 12.1 Å². The summed E-state index contributed by atoms with van der Waals surface area (Å²) in [4.78, 5) is 11.3. The lowest BCUT2D eigenvalue weighted by Crippen LogP contribution is -2.24. The molecule has 2 N–H and O–H groups in total. The number of carbonyl (C=O) groups is 1. The monoisotopic (exact) mass is 373 g/mol. The Labute approximate surface area is 154 Å². The first-order chi connectivity index (χ1) is 12.5. The third-order valence-corrected chi connectivity index (χ3v) is 5.27. The first kappa shape index (κ1) is 20.0. The van der Waals surface area contributed by atoms with E-state index in [1.165, 1.54) is 29.8 Å². The molecule has 0 spiro atoms. The molecule has 0 saturated heterocycles. The van der Waals surface area contributed by atoms with Gasteiger partial charge in [0, 0.05) is 6.54 Å². The van der Waals surface area contributed by atoms with Gasteiger partial charge in [-0.2, -0.15) is 0 Å². The normalized spacial score (nSPS) is 11.7. The Hall–Kier alpha value is -2.28. The molecular formula is C20H23NO4S. The second-order valence-electron chi connectivity index (χ2n) is 5.87. The fourth-order valence-corrected chi connectivity index (χ4v) is 3.54. The summed E-state index contributed by atoms with van der Waals surface area (Å²) in [6.07, 6.45) is 5.28. The van der Waals surface area contributed by atoms with E-state index in [0.717, 1.165) is 19.3 Å². The lowest BCUT2D eigenvalue weighted by atomic mass is 10.1. The van der Waals surface area contributed by atoms with Crippen molar-refractivity contribution < 1.29 is 18.3 Å². The molecule has 0 radical (unpaired) electrons. The van der Waals surface area contributed by atoms with Gasteiger partial charge in [-0.1, -0.05) is 48.5 Å². The largest absolute Gasteiger partial charge is 0.388 e. The highest BCUT2D eigenvalue weighted by Gasteiger charge is 2.13. The van der Waals surface area contributed by atoms with E-state index in [2.05, 4.69) is 16.9 Å². The second kappa shape index (κ2) is 10.0. The number of aryl methyl sites for hydroxylation is 1. The number of aliphatic hydroxyl groups is 1. The van der Waals surface area contributed by atoms with Gasteiger partial charge in [0.2, 0.25) is 10.0 Å². The third-order valence-electron chi connectivity index (χ3n) is 3.81. The van der Waals surface area contributed by atoms with Gasteiger partial charge in [0.15, 0.2) is 5.78 Å². The van der Waals surface area contributed by atoms with Crippen LogP contribution < -0.4 is 4.72 Å². The molecule has 0 fully saturated rings. The van der Waals surface area contributed by atoms with Gasteiger partial charge in [0.05, 0.1) is 4.90 Å². The van der Waals surface area contributed by atoms with Crippen molar-refractivity contribution in [3.05, 3.63) is 71.8 Å². The van der Waals surface area contributed by atoms with Crippen LogP contribution in [0.5, 0.6) is 0 Å². The number of hydrogen-bond acceptors (Lipinski definition) is 4. The Balaban J connectivity index is 1.87. The standard InChI is InChI=1S/C20H23NO4S/c22-16-19(23)13-12-18-10-6-11-20(15-18)26(24,25)21-14-5-4-9-17-7-2-1-3-8-17/h1-3,6-8,10-13,15,21-22H,4-5,9,14,16H2/b13-12+. The Morgan fingerprint density at radius 1 is 1.04 bits per heavy atom. The van der Waals surface area contributed by atoms with Crippen molar-refractivity contribution in [2.24, 2.45) is 0 Å². The quantitative estimate of drug-likeness (QED) is 0.495. The van der Waals surface area contributed by atoms with Crippen LogP contribution in [0.25, 0.3) is 6.08 Å². The Kier molecular flexibility index (Phi) is 7.72. The minimum Gasteiger partial charge on any atom is -0.388 e. The highest BCUT2D eigenvalue weighted by molar-refractivity contribution is 7.89. The molecule has 0 aliphatic rings. The zero-order valence-corrected chi connectivity index (χ0v) is 15.3. The summed E-state index contributed by atoms with van der Waals surface area (Å²) < 4.78 is 27.3. The molecule has 0 unspecified atom stereocenters. The lowest BCUT2D eigenvalue weighted by molar-refractivity contribution is -0.117. The number of rotatable bonds is 10. The van der Waals surface area contributed by atoms with Crippen molar-refractivity contribution in [1.82, 2.24) is 4.72 Å². The average molecular weight is 373 g/mol. The zero-order valence-electron chi connectivity index (χ0n) is 14.5. The van der Waals surface area contributed by atoms with E-state index < -0.39 is 22.4 Å². The predicted molar refractivity (Wildman–Crippen MR) is 102 cm³/mol. The van der Waals surface area contributed by atoms with Gasteiger partial charge in [-0.15, -0.1) is 0 Å². The minimum atomic E-state index is -3.59. The van der Waals surface area contributed by atoms with Crippen LogP contribution in [0.1, 0.15) is 24.0 Å². The van der Waals surface area contributed by atoms with E-state index >= 15 is 0 Å². The number of aliphatic hydroxyl groups excluding tert-OH is 1. The molecule has 0 saturated carbocycles. The van der Waals surface area contributed by atoms with Crippen molar-refractivity contribution in [2.45, 2.75) is 24.2 Å². The first-order valence-corrected chi connectivity index (χ1v) is 9.95. The molecule has 0 atom stereocenters. The zero-order chi connectivity index (χ0) is 18.8. The highest BCUT2D eigenvalue weighted by atomic mass is 32.2. The van der Waals surface area contributed by atoms with Crippen molar-refractivity contribution in [1.29, 1.82) is 0 Å². The molecule has 0 bridgehead atoms. The number of sulfonamides is 1. The summed E-state index contributed by atoms with van der Waals surface area (Å²) in [7, 11) is -3.59. The van der Waals surface area contributed by atoms with Crippen molar-refractivity contribution in [2.75, 3.05) is 13.2 Å². The molecule has 0 aromatic heterocycles. The number of nitrogens with one attached hydrogen (secondary N) is 1. The van der Waals surface area contributed by atoms with Crippen molar-refractivity contribution in [3.63, 3.8) is 0 Å². The van der Waals surface area contributed by atoms with Gasteiger partial charge in [-0.25, -0.2) is 13.1 Å². The van der Waals surface area contributed by atoms with E-state index in [1.807, 2.05) is 18.2 Å². The van der Waals surface area contributed by atoms with Gasteiger partial charge in [0.25, 0.3) is 0 Å². The smallest absolute Gasteiger partial charge is 0.240 e. The van der Waals surface area contributed by atoms with Crippen LogP contribution >= 0.6 is 0 Å². The molecule has 26 heavy (non-hydrogen) atoms. The highest BCUT2D eigenvalue weighted by Crippen LogP contribution is 2.13. The Bertz CT molecular complexity index is 845. The molecule has 0 aliphatic heterocycles. The third kappa shape index (κ3) is 6.55. The molecule has 138 valence electrons. The molecule has 5 nitrogen and oxygen atoms in total. The van der Waals surface area contributed by atoms with E-state index in [4.69, 9.17) is 5.11 Å². The minimum absolute atomic E-state index is 0.152. The maximum Gasteiger partial charge on any atom is 0.240 e. The van der Waals surface area contributed by atoms with E-state index in [-0.39, 0.29) is 4.90 Å².